The van der Waals surface area contributed by atoms with Gasteiger partial charge in [0.1, 0.15) is 11.3 Å². The average molecular weight is 351 g/mol. The Kier molecular flexibility index (Phi) is 5.02. The lowest BCUT2D eigenvalue weighted by atomic mass is 10.00. The number of nitrogens with one attached hydrogen (secondary N) is 1. The molecule has 0 spiro atoms. The fourth-order valence-corrected chi connectivity index (χ4v) is 2.73. The zero-order valence-electron chi connectivity index (χ0n) is 15.1. The third-order valence-electron chi connectivity index (χ3n) is 4.35. The average Bonchev–Trinajstić information content (AvgIpc) is 2.93. The molecule has 3 rings (SSSR count). The number of carbonyl (C=O) groups is 2. The van der Waals surface area contributed by atoms with Crippen molar-refractivity contribution < 1.29 is 14.3 Å². The summed E-state index contributed by atoms with van der Waals surface area (Å²) < 4.78 is 5.73. The lowest BCUT2D eigenvalue weighted by Crippen LogP contribution is -2.35. The fraction of sp³-hybridized carbons (Fsp3) is 0.250. The SMILES string of the molecule is CCCOc1ccc(/C=C2/C(=O)NN(c3ccncc3)C2=O)c(C)c1C. The van der Waals surface area contributed by atoms with E-state index in [9.17, 15) is 9.59 Å². The maximum Gasteiger partial charge on any atom is 0.282 e. The number of hydrogen-bond acceptors (Lipinski definition) is 4. The quantitative estimate of drug-likeness (QED) is 0.664. The van der Waals surface area contributed by atoms with E-state index in [2.05, 4.69) is 17.3 Å². The summed E-state index contributed by atoms with van der Waals surface area (Å²) in [5.41, 5.74) is 6.06. The molecule has 1 aromatic carbocycles. The Hall–Kier alpha value is -3.15. The topological polar surface area (TPSA) is 71.5 Å². The Labute approximate surface area is 152 Å². The van der Waals surface area contributed by atoms with Gasteiger partial charge in [-0.2, -0.15) is 0 Å². The normalized spacial score (nSPS) is 15.5. The highest BCUT2D eigenvalue weighted by atomic mass is 16.5. The van der Waals surface area contributed by atoms with Crippen LogP contribution in [0.2, 0.25) is 0 Å². The highest BCUT2D eigenvalue weighted by molar-refractivity contribution is 6.31. The number of nitrogens with zero attached hydrogens (tertiary/aromatic N) is 2. The molecule has 1 saturated heterocycles. The van der Waals surface area contributed by atoms with Gasteiger partial charge in [-0.3, -0.25) is 20.0 Å². The zero-order valence-corrected chi connectivity index (χ0v) is 15.1. The zero-order chi connectivity index (χ0) is 18.7. The Morgan fingerprint density at radius 1 is 1.12 bits per heavy atom. The van der Waals surface area contributed by atoms with E-state index >= 15 is 0 Å². The summed E-state index contributed by atoms with van der Waals surface area (Å²) in [4.78, 5) is 28.9. The molecule has 26 heavy (non-hydrogen) atoms. The van der Waals surface area contributed by atoms with E-state index in [1.807, 2.05) is 26.0 Å². The van der Waals surface area contributed by atoms with Gasteiger partial charge in [0.15, 0.2) is 0 Å². The number of carbonyl (C=O) groups excluding carboxylic acids is 2. The first-order chi connectivity index (χ1) is 12.5. The van der Waals surface area contributed by atoms with Crippen LogP contribution in [-0.4, -0.2) is 23.4 Å². The predicted octanol–water partition coefficient (Wildman–Crippen LogP) is 2.95. The van der Waals surface area contributed by atoms with Crippen LogP contribution in [0.15, 0.2) is 42.2 Å². The number of anilines is 1. The minimum absolute atomic E-state index is 0.103. The van der Waals surface area contributed by atoms with Crippen LogP contribution in [0.3, 0.4) is 0 Å². The van der Waals surface area contributed by atoms with Crippen LogP contribution >= 0.6 is 0 Å². The first-order valence-electron chi connectivity index (χ1n) is 8.53. The van der Waals surface area contributed by atoms with E-state index in [0.717, 1.165) is 28.9 Å². The van der Waals surface area contributed by atoms with Crippen LogP contribution in [0, 0.1) is 13.8 Å². The van der Waals surface area contributed by atoms with Crippen molar-refractivity contribution in [3.63, 3.8) is 0 Å². The van der Waals surface area contributed by atoms with Gasteiger partial charge in [0.05, 0.1) is 12.3 Å². The van der Waals surface area contributed by atoms with Gasteiger partial charge in [0.2, 0.25) is 0 Å². The molecule has 6 nitrogen and oxygen atoms in total. The molecule has 1 fully saturated rings. The second-order valence-electron chi connectivity index (χ2n) is 6.10. The minimum atomic E-state index is -0.421. The van der Waals surface area contributed by atoms with Gasteiger partial charge in [-0.1, -0.05) is 13.0 Å². The van der Waals surface area contributed by atoms with Crippen molar-refractivity contribution in [3.05, 3.63) is 58.9 Å². The van der Waals surface area contributed by atoms with Crippen LogP contribution < -0.4 is 15.2 Å². The summed E-state index contributed by atoms with van der Waals surface area (Å²) in [6, 6.07) is 7.07. The summed E-state index contributed by atoms with van der Waals surface area (Å²) in [5.74, 6) is 0.0202. The van der Waals surface area contributed by atoms with E-state index in [-0.39, 0.29) is 11.5 Å². The minimum Gasteiger partial charge on any atom is -0.493 e. The van der Waals surface area contributed by atoms with Gasteiger partial charge in [-0.05, 0) is 61.2 Å². The first kappa shape index (κ1) is 17.7. The number of hydrogen-bond donors (Lipinski definition) is 1. The standard InChI is InChI=1S/C20H21N3O3/c1-4-11-26-18-6-5-15(13(2)14(18)3)12-17-19(24)22-23(20(17)25)16-7-9-21-10-8-16/h5-10,12H,4,11H2,1-3H3,(H,22,24)/b17-12-. The fourth-order valence-electron chi connectivity index (χ4n) is 2.73. The molecule has 0 radical (unpaired) electrons. The summed E-state index contributed by atoms with van der Waals surface area (Å²) >= 11 is 0. The second kappa shape index (κ2) is 7.39. The summed E-state index contributed by atoms with van der Waals surface area (Å²) in [6.07, 6.45) is 5.70. The van der Waals surface area contributed by atoms with Crippen LogP contribution in [0.25, 0.3) is 6.08 Å². The number of hydrazine groups is 1. The van der Waals surface area contributed by atoms with Crippen molar-refractivity contribution >= 4 is 23.6 Å². The molecule has 1 aliphatic heterocycles. The number of pyridine rings is 1. The molecule has 0 bridgehead atoms. The van der Waals surface area contributed by atoms with E-state index in [4.69, 9.17) is 4.74 Å². The van der Waals surface area contributed by atoms with Crippen LogP contribution in [0.5, 0.6) is 5.75 Å². The molecule has 6 heteroatoms. The number of amides is 2. The van der Waals surface area contributed by atoms with E-state index in [1.54, 1.807) is 30.6 Å². The van der Waals surface area contributed by atoms with Crippen molar-refractivity contribution in [3.8, 4) is 5.75 Å². The molecule has 2 amide bonds. The lowest BCUT2D eigenvalue weighted by Gasteiger charge is -2.14. The number of ether oxygens (including phenoxy) is 1. The molecular formula is C20H21N3O3. The van der Waals surface area contributed by atoms with Crippen molar-refractivity contribution in [2.24, 2.45) is 0 Å². The Morgan fingerprint density at radius 2 is 1.85 bits per heavy atom. The van der Waals surface area contributed by atoms with Gasteiger partial charge in [0, 0.05) is 12.4 Å². The largest absolute Gasteiger partial charge is 0.493 e. The van der Waals surface area contributed by atoms with Crippen LogP contribution in [0.4, 0.5) is 5.69 Å². The Morgan fingerprint density at radius 3 is 2.54 bits per heavy atom. The Bertz CT molecular complexity index is 875. The van der Waals surface area contributed by atoms with E-state index in [0.29, 0.717) is 12.3 Å². The molecule has 134 valence electrons. The molecule has 0 unspecified atom stereocenters. The van der Waals surface area contributed by atoms with Crippen molar-refractivity contribution in [1.29, 1.82) is 0 Å². The van der Waals surface area contributed by atoms with Crippen LogP contribution in [0.1, 0.15) is 30.0 Å². The monoisotopic (exact) mass is 351 g/mol. The smallest absolute Gasteiger partial charge is 0.282 e. The summed E-state index contributed by atoms with van der Waals surface area (Å²) in [5, 5.41) is 1.23. The van der Waals surface area contributed by atoms with Gasteiger partial charge in [-0.15, -0.1) is 0 Å². The Balaban J connectivity index is 1.91. The number of rotatable bonds is 5. The molecule has 2 aromatic rings. The van der Waals surface area contributed by atoms with Crippen molar-refractivity contribution in [2.75, 3.05) is 11.6 Å². The third kappa shape index (κ3) is 3.31. The molecule has 0 atom stereocenters. The highest BCUT2D eigenvalue weighted by Gasteiger charge is 2.34. The maximum atomic E-state index is 12.7. The summed E-state index contributed by atoms with van der Waals surface area (Å²) in [6.45, 7) is 6.64. The molecule has 1 aromatic heterocycles. The van der Waals surface area contributed by atoms with Gasteiger partial charge < -0.3 is 4.74 Å². The van der Waals surface area contributed by atoms with E-state index in [1.165, 1.54) is 5.01 Å². The molecule has 2 heterocycles. The molecule has 0 aliphatic carbocycles. The first-order valence-corrected chi connectivity index (χ1v) is 8.53. The number of aromatic nitrogens is 1. The van der Waals surface area contributed by atoms with Crippen molar-refractivity contribution in [1.82, 2.24) is 10.4 Å². The second-order valence-corrected chi connectivity index (χ2v) is 6.10. The predicted molar refractivity (Wildman–Crippen MR) is 99.5 cm³/mol. The molecule has 1 N–H and O–H groups in total. The molecular weight excluding hydrogens is 330 g/mol. The number of benzene rings is 1. The van der Waals surface area contributed by atoms with Gasteiger partial charge in [-0.25, -0.2) is 5.01 Å². The maximum absolute atomic E-state index is 12.7. The molecule has 1 aliphatic rings. The van der Waals surface area contributed by atoms with Crippen LogP contribution in [-0.2, 0) is 9.59 Å². The van der Waals surface area contributed by atoms with E-state index < -0.39 is 5.91 Å². The summed E-state index contributed by atoms with van der Waals surface area (Å²) in [7, 11) is 0. The van der Waals surface area contributed by atoms with Gasteiger partial charge in [0.25, 0.3) is 11.8 Å². The molecule has 0 saturated carbocycles. The highest BCUT2D eigenvalue weighted by Crippen LogP contribution is 2.27. The third-order valence-corrected chi connectivity index (χ3v) is 4.35. The van der Waals surface area contributed by atoms with Crippen molar-refractivity contribution in [2.45, 2.75) is 27.2 Å². The lowest BCUT2D eigenvalue weighted by molar-refractivity contribution is -0.117. The van der Waals surface area contributed by atoms with Gasteiger partial charge >= 0.3 is 0 Å².